The SMILES string of the molecule is C#Cc1c(F)ccc2cccc(-c3ncc4c(N5CCN(C(=O)/C=C/CN6[C@@H]7CC[C@H]6COC7)C6(COC6)C5)nc(OC[C@@]56CCCN5C[C@H](F)C6)nc4c3F)c12. The van der Waals surface area contributed by atoms with Crippen LogP contribution in [-0.4, -0.2) is 137 Å². The van der Waals surface area contributed by atoms with Gasteiger partial charge >= 0.3 is 6.01 Å². The fraction of sp³-hybridized carbons (Fsp3) is 0.488. The Balaban J connectivity index is 0.993. The Hall–Kier alpha value is -4.81. The lowest BCUT2D eigenvalue weighted by Crippen LogP contribution is -2.72. The number of ether oxygens (including phenoxy) is 3. The van der Waals surface area contributed by atoms with Crippen molar-refractivity contribution < 1.29 is 32.2 Å². The average molecular weight is 780 g/mol. The second-order valence-corrected chi connectivity index (χ2v) is 16.5. The van der Waals surface area contributed by atoms with Gasteiger partial charge in [-0.1, -0.05) is 36.3 Å². The summed E-state index contributed by atoms with van der Waals surface area (Å²) >= 11 is 0. The molecule has 296 valence electrons. The molecule has 0 N–H and O–H groups in total. The molecule has 6 aliphatic rings. The molecular weight excluding hydrogens is 736 g/mol. The number of piperazine rings is 1. The molecule has 1 amide bonds. The van der Waals surface area contributed by atoms with Crippen LogP contribution in [0.4, 0.5) is 19.0 Å². The van der Waals surface area contributed by atoms with Crippen molar-refractivity contribution in [1.29, 1.82) is 0 Å². The Labute approximate surface area is 328 Å². The number of alkyl halides is 1. The van der Waals surface area contributed by atoms with Crippen molar-refractivity contribution in [2.45, 2.75) is 61.4 Å². The van der Waals surface area contributed by atoms with Crippen LogP contribution in [0.3, 0.4) is 0 Å². The minimum absolute atomic E-state index is 0.0170. The normalized spacial score (nSPS) is 27.1. The second kappa shape index (κ2) is 14.2. The molecule has 1 spiro atoms. The summed E-state index contributed by atoms with van der Waals surface area (Å²) in [6, 6.07) is 8.86. The third-order valence-corrected chi connectivity index (χ3v) is 13.2. The van der Waals surface area contributed by atoms with Crippen molar-refractivity contribution in [3.63, 3.8) is 0 Å². The second-order valence-electron chi connectivity index (χ2n) is 16.5. The smallest absolute Gasteiger partial charge is 0.319 e. The highest BCUT2D eigenvalue weighted by molar-refractivity contribution is 6.02. The van der Waals surface area contributed by atoms with Gasteiger partial charge in [0.25, 0.3) is 0 Å². The van der Waals surface area contributed by atoms with E-state index in [1.54, 1.807) is 30.3 Å². The molecule has 2 aromatic heterocycles. The summed E-state index contributed by atoms with van der Waals surface area (Å²) in [4.78, 5) is 36.4. The number of terminal acetylenes is 1. The van der Waals surface area contributed by atoms with Gasteiger partial charge in [-0.25, -0.2) is 13.2 Å². The van der Waals surface area contributed by atoms with E-state index in [4.69, 9.17) is 25.6 Å². The minimum atomic E-state index is -0.948. The van der Waals surface area contributed by atoms with Crippen molar-refractivity contribution in [3.05, 3.63) is 65.9 Å². The van der Waals surface area contributed by atoms with Crippen LogP contribution in [0.25, 0.3) is 32.9 Å². The first-order valence-electron chi connectivity index (χ1n) is 20.0. The van der Waals surface area contributed by atoms with Crippen molar-refractivity contribution in [2.75, 3.05) is 77.2 Å². The van der Waals surface area contributed by atoms with Crippen LogP contribution in [0.5, 0.6) is 6.01 Å². The zero-order chi connectivity index (χ0) is 38.9. The number of benzene rings is 2. The van der Waals surface area contributed by atoms with Gasteiger partial charge in [-0.05, 0) is 43.7 Å². The Bertz CT molecular complexity index is 2320. The number of morpholine rings is 1. The quantitative estimate of drug-likeness (QED) is 0.182. The summed E-state index contributed by atoms with van der Waals surface area (Å²) in [5.74, 6) is 1.44. The van der Waals surface area contributed by atoms with E-state index in [0.717, 1.165) is 45.4 Å². The van der Waals surface area contributed by atoms with Gasteiger partial charge in [0.15, 0.2) is 5.82 Å². The third kappa shape index (κ3) is 6.13. The van der Waals surface area contributed by atoms with Crippen molar-refractivity contribution in [3.8, 4) is 29.6 Å². The summed E-state index contributed by atoms with van der Waals surface area (Å²) in [5.41, 5.74) is -0.823. The Morgan fingerprint density at radius 2 is 1.91 bits per heavy atom. The predicted octanol–water partition coefficient (Wildman–Crippen LogP) is 4.90. The van der Waals surface area contributed by atoms with Crippen LogP contribution < -0.4 is 9.64 Å². The lowest BCUT2D eigenvalue weighted by Gasteiger charge is -2.55. The number of amides is 1. The molecule has 6 saturated heterocycles. The molecule has 14 heteroatoms. The molecule has 0 saturated carbocycles. The van der Waals surface area contributed by atoms with Gasteiger partial charge in [-0.15, -0.1) is 6.42 Å². The summed E-state index contributed by atoms with van der Waals surface area (Å²) in [6.07, 6.45) is 14.3. The molecule has 11 nitrogen and oxygen atoms in total. The summed E-state index contributed by atoms with van der Waals surface area (Å²) < 4.78 is 64.6. The van der Waals surface area contributed by atoms with Crippen molar-refractivity contribution in [2.24, 2.45) is 0 Å². The summed E-state index contributed by atoms with van der Waals surface area (Å²) in [5, 5.41) is 1.37. The Kier molecular flexibility index (Phi) is 9.12. The highest BCUT2D eigenvalue weighted by atomic mass is 19.1. The lowest BCUT2D eigenvalue weighted by molar-refractivity contribution is -0.164. The number of carbonyl (C=O) groups excluding carboxylic acids is 1. The van der Waals surface area contributed by atoms with E-state index in [1.165, 1.54) is 12.3 Å². The minimum Gasteiger partial charge on any atom is -0.461 e. The predicted molar refractivity (Wildman–Crippen MR) is 208 cm³/mol. The van der Waals surface area contributed by atoms with Gasteiger partial charge in [0.05, 0.1) is 42.9 Å². The number of nitrogens with zero attached hydrogens (tertiary/aromatic N) is 7. The molecule has 8 heterocycles. The van der Waals surface area contributed by atoms with E-state index in [1.807, 2.05) is 15.9 Å². The summed E-state index contributed by atoms with van der Waals surface area (Å²) in [7, 11) is 0. The highest BCUT2D eigenvalue weighted by Gasteiger charge is 2.51. The third-order valence-electron chi connectivity index (χ3n) is 13.2. The molecule has 6 fully saturated rings. The number of carbonyl (C=O) groups is 1. The molecule has 6 aliphatic heterocycles. The standard InChI is InChI=1S/C43H44F3N7O4/c1-2-31-34(45)12-9-27-6-3-7-32(36(27)31)38-37(46)39-33(19-47-38)40(49-41(48-39)57-26-42-13-5-14-51(42)20-28(44)18-42)50-16-17-53(43(23-50)24-56-25-43)35(54)8-4-15-52-29-10-11-30(52)22-55-21-29/h1,3-4,6-9,12,19,28-30H,5,10-11,13-18,20-26H2/b8-4+/t28-,29-,30+,42+/m1/s1. The zero-order valence-electron chi connectivity index (χ0n) is 31.6. The number of rotatable bonds is 8. The van der Waals surface area contributed by atoms with E-state index in [-0.39, 0.29) is 35.3 Å². The molecular formula is C43H44F3N7O4. The highest BCUT2D eigenvalue weighted by Crippen LogP contribution is 2.42. The molecule has 0 aliphatic carbocycles. The molecule has 2 aromatic carbocycles. The van der Waals surface area contributed by atoms with Gasteiger partial charge in [-0.3, -0.25) is 19.6 Å². The van der Waals surface area contributed by atoms with E-state index in [2.05, 4.69) is 25.7 Å². The maximum absolute atomic E-state index is 17.1. The van der Waals surface area contributed by atoms with Crippen molar-refractivity contribution >= 4 is 33.4 Å². The number of hydrogen-bond acceptors (Lipinski definition) is 10. The number of pyridine rings is 1. The van der Waals surface area contributed by atoms with Gasteiger partial charge in [0.2, 0.25) is 5.91 Å². The zero-order valence-corrected chi connectivity index (χ0v) is 31.6. The molecule has 0 radical (unpaired) electrons. The monoisotopic (exact) mass is 779 g/mol. The van der Waals surface area contributed by atoms with Crippen LogP contribution in [-0.2, 0) is 14.3 Å². The first-order chi connectivity index (χ1) is 27.8. The Morgan fingerprint density at radius 3 is 2.70 bits per heavy atom. The van der Waals surface area contributed by atoms with E-state index >= 15 is 4.39 Å². The Morgan fingerprint density at radius 1 is 1.07 bits per heavy atom. The summed E-state index contributed by atoms with van der Waals surface area (Å²) in [6.45, 7) is 5.34. The fourth-order valence-corrected chi connectivity index (χ4v) is 10.3. The number of anilines is 1. The number of hydrogen-bond donors (Lipinski definition) is 0. The van der Waals surface area contributed by atoms with E-state index < -0.39 is 28.9 Å². The van der Waals surface area contributed by atoms with Crippen LogP contribution in [0.15, 0.2) is 48.7 Å². The first-order valence-corrected chi connectivity index (χ1v) is 20.0. The largest absolute Gasteiger partial charge is 0.461 e. The van der Waals surface area contributed by atoms with Crippen molar-refractivity contribution in [1.82, 2.24) is 29.7 Å². The van der Waals surface area contributed by atoms with Crippen LogP contribution >= 0.6 is 0 Å². The van der Waals surface area contributed by atoms with Gasteiger partial charge in [0, 0.05) is 74.5 Å². The van der Waals surface area contributed by atoms with Gasteiger partial charge in [0.1, 0.15) is 41.2 Å². The topological polar surface area (TPSA) is 96.4 Å². The maximum Gasteiger partial charge on any atom is 0.319 e. The average Bonchev–Trinajstić information content (AvgIpc) is 3.80. The molecule has 10 rings (SSSR count). The molecule has 2 bridgehead atoms. The first kappa shape index (κ1) is 36.5. The maximum atomic E-state index is 17.1. The molecule has 4 atom stereocenters. The number of aromatic nitrogens is 3. The van der Waals surface area contributed by atoms with E-state index in [9.17, 15) is 13.6 Å². The van der Waals surface area contributed by atoms with Gasteiger partial charge < -0.3 is 24.0 Å². The molecule has 0 unspecified atom stereocenters. The molecule has 57 heavy (non-hydrogen) atoms. The van der Waals surface area contributed by atoms with Crippen LogP contribution in [0.1, 0.15) is 37.7 Å². The molecule has 4 aromatic rings. The van der Waals surface area contributed by atoms with E-state index in [0.29, 0.717) is 92.0 Å². The number of halogens is 3. The van der Waals surface area contributed by atoms with Crippen LogP contribution in [0, 0.1) is 24.0 Å². The van der Waals surface area contributed by atoms with Gasteiger partial charge in [-0.2, -0.15) is 9.97 Å². The lowest BCUT2D eigenvalue weighted by atomic mass is 9.91. The number of fused-ring (bicyclic) bond motifs is 5. The fourth-order valence-electron chi connectivity index (χ4n) is 10.3. The van der Waals surface area contributed by atoms with Crippen LogP contribution in [0.2, 0.25) is 0 Å².